The molecule has 0 saturated carbocycles. The fraction of sp³-hybridized carbons (Fsp3) is 0.538. The fourth-order valence-electron chi connectivity index (χ4n) is 1.53. The second-order valence-corrected chi connectivity index (χ2v) is 4.87. The Labute approximate surface area is 102 Å². The standard InChI is InChI=1S/C13H19ClFN/c1-10(2)9-16-7-3-4-11-8-12(14)5-6-13(11)15/h5-6,8,10,16H,3-4,7,9H2,1-2H3. The van der Waals surface area contributed by atoms with E-state index in [0.29, 0.717) is 16.5 Å². The molecule has 1 N–H and O–H groups in total. The quantitative estimate of drug-likeness (QED) is 0.752. The third kappa shape index (κ3) is 4.95. The van der Waals surface area contributed by atoms with Crippen molar-refractivity contribution in [3.05, 3.63) is 34.6 Å². The van der Waals surface area contributed by atoms with E-state index in [1.54, 1.807) is 12.1 Å². The monoisotopic (exact) mass is 243 g/mol. The van der Waals surface area contributed by atoms with Crippen LogP contribution in [-0.2, 0) is 6.42 Å². The van der Waals surface area contributed by atoms with Crippen LogP contribution in [-0.4, -0.2) is 13.1 Å². The lowest BCUT2D eigenvalue weighted by Gasteiger charge is -2.07. The Balaban J connectivity index is 2.29. The van der Waals surface area contributed by atoms with Gasteiger partial charge in [-0.15, -0.1) is 0 Å². The average Bonchev–Trinajstić information content (AvgIpc) is 2.22. The smallest absolute Gasteiger partial charge is 0.126 e. The Morgan fingerprint density at radius 2 is 2.12 bits per heavy atom. The van der Waals surface area contributed by atoms with E-state index in [4.69, 9.17) is 11.6 Å². The van der Waals surface area contributed by atoms with Gasteiger partial charge in [0.1, 0.15) is 5.82 Å². The van der Waals surface area contributed by atoms with Crippen LogP contribution in [0.4, 0.5) is 4.39 Å². The van der Waals surface area contributed by atoms with Gasteiger partial charge in [-0.1, -0.05) is 25.4 Å². The van der Waals surface area contributed by atoms with E-state index < -0.39 is 0 Å². The molecule has 0 aliphatic carbocycles. The first-order chi connectivity index (χ1) is 7.59. The van der Waals surface area contributed by atoms with Gasteiger partial charge in [0, 0.05) is 5.02 Å². The number of halogens is 2. The lowest BCUT2D eigenvalue weighted by molar-refractivity contribution is 0.538. The molecule has 1 aromatic rings. The van der Waals surface area contributed by atoms with Crippen molar-refractivity contribution < 1.29 is 4.39 Å². The summed E-state index contributed by atoms with van der Waals surface area (Å²) in [5.41, 5.74) is 0.707. The van der Waals surface area contributed by atoms with Gasteiger partial charge in [0.05, 0.1) is 0 Å². The Kier molecular flexibility index (Phi) is 5.78. The number of rotatable bonds is 6. The highest BCUT2D eigenvalue weighted by molar-refractivity contribution is 6.30. The van der Waals surface area contributed by atoms with Crippen molar-refractivity contribution in [1.82, 2.24) is 5.32 Å². The molecule has 0 unspecified atom stereocenters. The van der Waals surface area contributed by atoms with Gasteiger partial charge in [-0.25, -0.2) is 4.39 Å². The van der Waals surface area contributed by atoms with E-state index in [-0.39, 0.29) is 5.82 Å². The van der Waals surface area contributed by atoms with Crippen molar-refractivity contribution in [3.8, 4) is 0 Å². The first-order valence-corrected chi connectivity index (χ1v) is 6.12. The van der Waals surface area contributed by atoms with E-state index >= 15 is 0 Å². The molecule has 0 saturated heterocycles. The second kappa shape index (κ2) is 6.87. The van der Waals surface area contributed by atoms with Crippen LogP contribution >= 0.6 is 11.6 Å². The Hall–Kier alpha value is -0.600. The van der Waals surface area contributed by atoms with Crippen LogP contribution in [0.5, 0.6) is 0 Å². The molecular formula is C13H19ClFN. The van der Waals surface area contributed by atoms with Crippen molar-refractivity contribution in [2.45, 2.75) is 26.7 Å². The Morgan fingerprint density at radius 1 is 1.38 bits per heavy atom. The predicted octanol–water partition coefficient (Wildman–Crippen LogP) is 3.66. The Bertz CT molecular complexity index is 326. The maximum Gasteiger partial charge on any atom is 0.126 e. The van der Waals surface area contributed by atoms with Gasteiger partial charge >= 0.3 is 0 Å². The number of nitrogens with one attached hydrogen (secondary N) is 1. The zero-order valence-electron chi connectivity index (χ0n) is 9.89. The molecular weight excluding hydrogens is 225 g/mol. The van der Waals surface area contributed by atoms with E-state index in [0.717, 1.165) is 25.9 Å². The van der Waals surface area contributed by atoms with Crippen LogP contribution in [0.15, 0.2) is 18.2 Å². The molecule has 0 bridgehead atoms. The number of hydrogen-bond donors (Lipinski definition) is 1. The molecule has 0 amide bonds. The summed E-state index contributed by atoms with van der Waals surface area (Å²) < 4.78 is 13.3. The van der Waals surface area contributed by atoms with E-state index in [9.17, 15) is 4.39 Å². The molecule has 90 valence electrons. The third-order valence-electron chi connectivity index (χ3n) is 2.36. The number of hydrogen-bond acceptors (Lipinski definition) is 1. The van der Waals surface area contributed by atoms with Gasteiger partial charge in [0.25, 0.3) is 0 Å². The highest BCUT2D eigenvalue weighted by Gasteiger charge is 2.02. The predicted molar refractivity (Wildman–Crippen MR) is 67.4 cm³/mol. The highest BCUT2D eigenvalue weighted by atomic mass is 35.5. The molecule has 0 spiro atoms. The largest absolute Gasteiger partial charge is 0.316 e. The van der Waals surface area contributed by atoms with Gasteiger partial charge in [-0.05, 0) is 55.6 Å². The van der Waals surface area contributed by atoms with Gasteiger partial charge in [-0.3, -0.25) is 0 Å². The van der Waals surface area contributed by atoms with E-state index in [1.807, 2.05) is 0 Å². The molecule has 0 radical (unpaired) electrons. The third-order valence-corrected chi connectivity index (χ3v) is 2.60. The molecule has 0 fully saturated rings. The Morgan fingerprint density at radius 3 is 2.81 bits per heavy atom. The van der Waals surface area contributed by atoms with Gasteiger partial charge in [-0.2, -0.15) is 0 Å². The van der Waals surface area contributed by atoms with Gasteiger partial charge < -0.3 is 5.32 Å². The van der Waals surface area contributed by atoms with Crippen LogP contribution in [0.1, 0.15) is 25.8 Å². The second-order valence-electron chi connectivity index (χ2n) is 4.44. The molecule has 0 aliphatic rings. The normalized spacial score (nSPS) is 11.1. The van der Waals surface area contributed by atoms with Crippen molar-refractivity contribution in [3.63, 3.8) is 0 Å². The molecule has 3 heteroatoms. The van der Waals surface area contributed by atoms with E-state index in [2.05, 4.69) is 19.2 Å². The number of benzene rings is 1. The zero-order valence-corrected chi connectivity index (χ0v) is 10.6. The van der Waals surface area contributed by atoms with Crippen LogP contribution < -0.4 is 5.32 Å². The lowest BCUT2D eigenvalue weighted by atomic mass is 10.1. The lowest BCUT2D eigenvalue weighted by Crippen LogP contribution is -2.21. The average molecular weight is 244 g/mol. The van der Waals surface area contributed by atoms with Crippen molar-refractivity contribution in [2.24, 2.45) is 5.92 Å². The minimum absolute atomic E-state index is 0.159. The molecule has 1 rings (SSSR count). The maximum absolute atomic E-state index is 13.3. The molecule has 1 aromatic carbocycles. The molecule has 1 nitrogen and oxygen atoms in total. The van der Waals surface area contributed by atoms with Crippen molar-refractivity contribution >= 4 is 11.6 Å². The van der Waals surface area contributed by atoms with Crippen LogP contribution in [0, 0.1) is 11.7 Å². The first kappa shape index (κ1) is 13.5. The first-order valence-electron chi connectivity index (χ1n) is 5.74. The maximum atomic E-state index is 13.3. The van der Waals surface area contributed by atoms with Gasteiger partial charge in [0.2, 0.25) is 0 Å². The molecule has 0 aliphatic heterocycles. The summed E-state index contributed by atoms with van der Waals surface area (Å²) in [6.45, 7) is 6.27. The summed E-state index contributed by atoms with van der Waals surface area (Å²) in [4.78, 5) is 0. The van der Waals surface area contributed by atoms with Crippen molar-refractivity contribution in [2.75, 3.05) is 13.1 Å². The van der Waals surface area contributed by atoms with Crippen molar-refractivity contribution in [1.29, 1.82) is 0 Å². The zero-order chi connectivity index (χ0) is 12.0. The summed E-state index contributed by atoms with van der Waals surface area (Å²) in [7, 11) is 0. The summed E-state index contributed by atoms with van der Waals surface area (Å²) in [6.07, 6.45) is 1.67. The minimum Gasteiger partial charge on any atom is -0.316 e. The minimum atomic E-state index is -0.159. The summed E-state index contributed by atoms with van der Waals surface area (Å²) >= 11 is 5.82. The summed E-state index contributed by atoms with van der Waals surface area (Å²) in [6, 6.07) is 4.72. The molecule has 0 heterocycles. The topological polar surface area (TPSA) is 12.0 Å². The highest BCUT2D eigenvalue weighted by Crippen LogP contribution is 2.16. The molecule has 16 heavy (non-hydrogen) atoms. The van der Waals surface area contributed by atoms with Crippen LogP contribution in [0.2, 0.25) is 5.02 Å². The van der Waals surface area contributed by atoms with Gasteiger partial charge in [0.15, 0.2) is 0 Å². The summed E-state index contributed by atoms with van der Waals surface area (Å²) in [5, 5.41) is 3.94. The van der Waals surface area contributed by atoms with Crippen LogP contribution in [0.25, 0.3) is 0 Å². The van der Waals surface area contributed by atoms with Crippen LogP contribution in [0.3, 0.4) is 0 Å². The summed E-state index contributed by atoms with van der Waals surface area (Å²) in [5.74, 6) is 0.496. The number of aryl methyl sites for hydroxylation is 1. The SMILES string of the molecule is CC(C)CNCCCc1cc(Cl)ccc1F. The van der Waals surface area contributed by atoms with E-state index in [1.165, 1.54) is 6.07 Å². The molecule has 0 aromatic heterocycles. The molecule has 0 atom stereocenters. The fourth-order valence-corrected chi connectivity index (χ4v) is 1.72.